The largest absolute Gasteiger partial charge is 0.494 e. The molecule has 2 aromatic rings. The van der Waals surface area contributed by atoms with E-state index in [1.54, 1.807) is 43.3 Å². The molecule has 126 valence electrons. The summed E-state index contributed by atoms with van der Waals surface area (Å²) >= 11 is 0. The number of hydrazine groups is 1. The fraction of sp³-hybridized carbons (Fsp3) is 0.222. The van der Waals surface area contributed by atoms with Crippen molar-refractivity contribution in [2.45, 2.75) is 20.0 Å². The predicted octanol–water partition coefficient (Wildman–Crippen LogP) is 2.31. The summed E-state index contributed by atoms with van der Waals surface area (Å²) in [5, 5.41) is 0. The van der Waals surface area contributed by atoms with Gasteiger partial charge in [0.25, 0.3) is 11.8 Å². The maximum Gasteiger partial charge on any atom is 0.279 e. The Kier molecular flexibility index (Phi) is 6.19. The predicted molar refractivity (Wildman–Crippen MR) is 89.8 cm³/mol. The van der Waals surface area contributed by atoms with Crippen molar-refractivity contribution in [3.05, 3.63) is 60.2 Å². The maximum absolute atomic E-state index is 12.0. The number of ether oxygens (including phenoxy) is 2. The Morgan fingerprint density at radius 1 is 0.958 bits per heavy atom. The zero-order valence-electron chi connectivity index (χ0n) is 13.6. The summed E-state index contributed by atoms with van der Waals surface area (Å²) < 4.78 is 10.8. The fourth-order valence-corrected chi connectivity index (χ4v) is 1.92. The van der Waals surface area contributed by atoms with Gasteiger partial charge in [-0.25, -0.2) is 0 Å². The van der Waals surface area contributed by atoms with E-state index in [4.69, 9.17) is 9.47 Å². The topological polar surface area (TPSA) is 76.7 Å². The first kappa shape index (κ1) is 17.3. The lowest BCUT2D eigenvalue weighted by molar-refractivity contribution is -0.128. The van der Waals surface area contributed by atoms with Crippen LogP contribution in [-0.4, -0.2) is 24.5 Å². The van der Waals surface area contributed by atoms with Crippen LogP contribution in [0.2, 0.25) is 0 Å². The van der Waals surface area contributed by atoms with E-state index in [-0.39, 0.29) is 0 Å². The molecule has 6 heteroatoms. The molecule has 2 aromatic carbocycles. The van der Waals surface area contributed by atoms with Gasteiger partial charge in [-0.05, 0) is 50.2 Å². The van der Waals surface area contributed by atoms with Gasteiger partial charge in [-0.2, -0.15) is 0 Å². The highest BCUT2D eigenvalue weighted by Crippen LogP contribution is 2.12. The molecule has 1 atom stereocenters. The third-order valence-corrected chi connectivity index (χ3v) is 3.15. The van der Waals surface area contributed by atoms with Crippen molar-refractivity contribution in [2.75, 3.05) is 6.61 Å². The summed E-state index contributed by atoms with van der Waals surface area (Å²) in [7, 11) is 0. The van der Waals surface area contributed by atoms with Gasteiger partial charge in [0.15, 0.2) is 6.10 Å². The zero-order chi connectivity index (χ0) is 17.4. The van der Waals surface area contributed by atoms with E-state index in [1.165, 1.54) is 0 Å². The minimum Gasteiger partial charge on any atom is -0.494 e. The normalized spacial score (nSPS) is 11.2. The van der Waals surface area contributed by atoms with Crippen LogP contribution >= 0.6 is 0 Å². The number of hydrogen-bond acceptors (Lipinski definition) is 4. The van der Waals surface area contributed by atoms with Crippen molar-refractivity contribution in [1.82, 2.24) is 10.9 Å². The van der Waals surface area contributed by atoms with Crippen LogP contribution in [0.5, 0.6) is 11.5 Å². The van der Waals surface area contributed by atoms with E-state index < -0.39 is 17.9 Å². The molecule has 0 aliphatic rings. The van der Waals surface area contributed by atoms with Crippen molar-refractivity contribution in [3.8, 4) is 11.5 Å². The lowest BCUT2D eigenvalue weighted by Gasteiger charge is -2.15. The Morgan fingerprint density at radius 3 is 2.25 bits per heavy atom. The smallest absolute Gasteiger partial charge is 0.279 e. The quantitative estimate of drug-likeness (QED) is 0.798. The number of rotatable bonds is 6. The SMILES string of the molecule is CCOc1ccc(C(=O)NNC(=O)C(C)Oc2ccccc2)cc1. The summed E-state index contributed by atoms with van der Waals surface area (Å²) in [6, 6.07) is 15.6. The fourth-order valence-electron chi connectivity index (χ4n) is 1.92. The average molecular weight is 328 g/mol. The maximum atomic E-state index is 12.0. The molecule has 2 N–H and O–H groups in total. The number of hydrogen-bond donors (Lipinski definition) is 2. The molecule has 0 saturated heterocycles. The van der Waals surface area contributed by atoms with Gasteiger partial charge in [0, 0.05) is 5.56 Å². The molecule has 1 unspecified atom stereocenters. The van der Waals surface area contributed by atoms with E-state index in [1.807, 2.05) is 25.1 Å². The van der Waals surface area contributed by atoms with Crippen molar-refractivity contribution in [3.63, 3.8) is 0 Å². The van der Waals surface area contributed by atoms with Gasteiger partial charge >= 0.3 is 0 Å². The first-order valence-electron chi connectivity index (χ1n) is 7.65. The summed E-state index contributed by atoms with van der Waals surface area (Å²) in [6.07, 6.45) is -0.743. The van der Waals surface area contributed by atoms with Crippen LogP contribution in [0.4, 0.5) is 0 Å². The first-order valence-corrected chi connectivity index (χ1v) is 7.65. The summed E-state index contributed by atoms with van der Waals surface area (Å²) in [5.74, 6) is 0.400. The van der Waals surface area contributed by atoms with Crippen molar-refractivity contribution in [1.29, 1.82) is 0 Å². The Hall–Kier alpha value is -3.02. The van der Waals surface area contributed by atoms with Gasteiger partial charge in [0.05, 0.1) is 6.61 Å². The highest BCUT2D eigenvalue weighted by molar-refractivity contribution is 5.95. The monoisotopic (exact) mass is 328 g/mol. The zero-order valence-corrected chi connectivity index (χ0v) is 13.6. The van der Waals surface area contributed by atoms with E-state index in [0.29, 0.717) is 23.7 Å². The number of nitrogens with one attached hydrogen (secondary N) is 2. The molecular formula is C18H20N2O4. The molecule has 6 nitrogen and oxygen atoms in total. The van der Waals surface area contributed by atoms with Crippen LogP contribution in [0.3, 0.4) is 0 Å². The second-order valence-corrected chi connectivity index (χ2v) is 4.97. The van der Waals surface area contributed by atoms with Gasteiger partial charge in [-0.1, -0.05) is 18.2 Å². The molecule has 0 saturated carbocycles. The molecule has 0 spiro atoms. The standard InChI is InChI=1S/C18H20N2O4/c1-3-23-15-11-9-14(10-12-15)18(22)20-19-17(21)13(2)24-16-7-5-4-6-8-16/h4-13H,3H2,1-2H3,(H,19,21)(H,20,22). The third kappa shape index (κ3) is 5.01. The summed E-state index contributed by atoms with van der Waals surface area (Å²) in [5.41, 5.74) is 5.12. The van der Waals surface area contributed by atoms with Crippen LogP contribution < -0.4 is 20.3 Å². The molecule has 0 fully saturated rings. The third-order valence-electron chi connectivity index (χ3n) is 3.15. The lowest BCUT2D eigenvalue weighted by atomic mass is 10.2. The van der Waals surface area contributed by atoms with Crippen molar-refractivity contribution in [2.24, 2.45) is 0 Å². The summed E-state index contributed by atoms with van der Waals surface area (Å²) in [4.78, 5) is 23.9. The van der Waals surface area contributed by atoms with Crippen LogP contribution in [-0.2, 0) is 4.79 Å². The molecule has 0 bridgehead atoms. The van der Waals surface area contributed by atoms with Gasteiger partial charge in [0.1, 0.15) is 11.5 Å². The molecule has 0 aliphatic heterocycles. The molecule has 2 amide bonds. The molecule has 0 aliphatic carbocycles. The van der Waals surface area contributed by atoms with Crippen LogP contribution in [0.25, 0.3) is 0 Å². The highest BCUT2D eigenvalue weighted by atomic mass is 16.5. The molecule has 2 rings (SSSR count). The number of carbonyl (C=O) groups excluding carboxylic acids is 2. The van der Waals surface area contributed by atoms with Gasteiger partial charge in [-0.3, -0.25) is 20.4 Å². The minimum atomic E-state index is -0.743. The van der Waals surface area contributed by atoms with E-state index in [2.05, 4.69) is 10.9 Å². The minimum absolute atomic E-state index is 0.412. The molecular weight excluding hydrogens is 308 g/mol. The lowest BCUT2D eigenvalue weighted by Crippen LogP contribution is -2.47. The van der Waals surface area contributed by atoms with Crippen LogP contribution in [0.1, 0.15) is 24.2 Å². The number of para-hydroxylation sites is 1. The Bertz CT molecular complexity index is 671. The number of carbonyl (C=O) groups is 2. The molecule has 0 aromatic heterocycles. The van der Waals surface area contributed by atoms with Crippen molar-refractivity contribution < 1.29 is 19.1 Å². The van der Waals surface area contributed by atoms with Gasteiger partial charge in [-0.15, -0.1) is 0 Å². The Balaban J connectivity index is 1.83. The Morgan fingerprint density at radius 2 is 1.62 bits per heavy atom. The second-order valence-electron chi connectivity index (χ2n) is 4.97. The van der Waals surface area contributed by atoms with Crippen molar-refractivity contribution >= 4 is 11.8 Å². The number of benzene rings is 2. The molecule has 0 heterocycles. The van der Waals surface area contributed by atoms with Crippen LogP contribution in [0.15, 0.2) is 54.6 Å². The first-order chi connectivity index (χ1) is 11.6. The van der Waals surface area contributed by atoms with Gasteiger partial charge < -0.3 is 9.47 Å². The second kappa shape index (κ2) is 8.57. The van der Waals surface area contributed by atoms with E-state index in [0.717, 1.165) is 0 Å². The van der Waals surface area contributed by atoms with E-state index >= 15 is 0 Å². The molecule has 0 radical (unpaired) electrons. The Labute approximate surface area is 140 Å². The highest BCUT2D eigenvalue weighted by Gasteiger charge is 2.15. The van der Waals surface area contributed by atoms with Gasteiger partial charge in [0.2, 0.25) is 0 Å². The van der Waals surface area contributed by atoms with Crippen LogP contribution in [0, 0.1) is 0 Å². The number of amides is 2. The average Bonchev–Trinajstić information content (AvgIpc) is 2.61. The summed E-state index contributed by atoms with van der Waals surface area (Å²) in [6.45, 7) is 4.04. The van der Waals surface area contributed by atoms with E-state index in [9.17, 15) is 9.59 Å². The molecule has 24 heavy (non-hydrogen) atoms.